The summed E-state index contributed by atoms with van der Waals surface area (Å²) in [4.78, 5) is 32.6. The minimum absolute atomic E-state index is 0.0232. The van der Waals surface area contributed by atoms with E-state index in [4.69, 9.17) is 9.26 Å². The molecule has 1 aromatic heterocycles. The smallest absolute Gasteiger partial charge is 0.265 e. The Morgan fingerprint density at radius 1 is 1.00 bits per heavy atom. The van der Waals surface area contributed by atoms with E-state index in [1.54, 1.807) is 0 Å². The number of aromatic nitrogens is 1. The molecule has 0 unspecified atom stereocenters. The number of benzene rings is 3. The number of carbonyl (C=O) groups is 2. The predicted octanol–water partition coefficient (Wildman–Crippen LogP) is 5.68. The number of nitrogens with zero attached hydrogens (tertiary/aromatic N) is 2. The Balaban J connectivity index is 1.40. The van der Waals surface area contributed by atoms with E-state index in [1.165, 1.54) is 11.8 Å². The topological polar surface area (TPSA) is 113 Å². The summed E-state index contributed by atoms with van der Waals surface area (Å²) in [6, 6.07) is 24.1. The van der Waals surface area contributed by atoms with E-state index in [0.29, 0.717) is 12.0 Å². The van der Waals surface area contributed by atoms with Gasteiger partial charge in [-0.3, -0.25) is 14.5 Å². The van der Waals surface area contributed by atoms with Crippen LogP contribution in [0.1, 0.15) is 69.8 Å². The van der Waals surface area contributed by atoms with Gasteiger partial charge in [-0.15, -0.1) is 11.8 Å². The fourth-order valence-corrected chi connectivity index (χ4v) is 9.65. The highest BCUT2D eigenvalue weighted by Gasteiger charge is 2.73. The van der Waals surface area contributed by atoms with Gasteiger partial charge >= 0.3 is 0 Å². The van der Waals surface area contributed by atoms with Crippen molar-refractivity contribution in [3.8, 4) is 5.88 Å². The summed E-state index contributed by atoms with van der Waals surface area (Å²) >= 11 is 1.25. The van der Waals surface area contributed by atoms with Crippen molar-refractivity contribution in [1.29, 1.82) is 0 Å². The van der Waals surface area contributed by atoms with Crippen LogP contribution in [0, 0.1) is 18.8 Å². The van der Waals surface area contributed by atoms with Crippen molar-refractivity contribution in [2.24, 2.45) is 11.8 Å². The van der Waals surface area contributed by atoms with Crippen LogP contribution in [0.15, 0.2) is 88.3 Å². The van der Waals surface area contributed by atoms with Crippen LogP contribution in [0.2, 0.25) is 0 Å². The van der Waals surface area contributed by atoms with Crippen LogP contribution in [-0.2, 0) is 11.4 Å². The molecule has 232 valence electrons. The van der Waals surface area contributed by atoms with E-state index in [-0.39, 0.29) is 29.7 Å². The summed E-state index contributed by atoms with van der Waals surface area (Å²) in [5.41, 5.74) is 0.906. The van der Waals surface area contributed by atoms with E-state index in [1.807, 2.05) is 105 Å². The zero-order valence-corrected chi connectivity index (χ0v) is 26.5. The van der Waals surface area contributed by atoms with E-state index < -0.39 is 45.9 Å². The number of hydrogen-bond donors (Lipinski definition) is 2. The number of rotatable bonds is 6. The van der Waals surface area contributed by atoms with Crippen LogP contribution >= 0.6 is 11.8 Å². The number of hydrogen-bond acceptors (Lipinski definition) is 9. The summed E-state index contributed by atoms with van der Waals surface area (Å²) in [6.07, 6.45) is -0.969. The zero-order chi connectivity index (χ0) is 31.7. The lowest BCUT2D eigenvalue weighted by molar-refractivity contribution is -0.160. The SMILES string of the molecule is Cc1cccc2c1[C@@H](O)[C@@]1(Sc3ccccc3)C(=O)[C@]3(O)C(=O)c4c(OCc5ccccc5)noc4[C@@H](N(C)C)[C@@H]3C[C@H]1[C@H]2C. The van der Waals surface area contributed by atoms with Gasteiger partial charge in [0.2, 0.25) is 5.78 Å². The average Bonchev–Trinajstić information content (AvgIpc) is 3.46. The summed E-state index contributed by atoms with van der Waals surface area (Å²) in [6.45, 7) is 4.13. The third-order valence-electron chi connectivity index (χ3n) is 10.1. The monoisotopic (exact) mass is 624 g/mol. The molecule has 1 heterocycles. The molecule has 1 saturated carbocycles. The zero-order valence-electron chi connectivity index (χ0n) is 25.6. The van der Waals surface area contributed by atoms with Gasteiger partial charge in [0.25, 0.3) is 5.88 Å². The Kier molecular flexibility index (Phi) is 7.28. The second-order valence-corrected chi connectivity index (χ2v) is 14.1. The predicted molar refractivity (Wildman–Crippen MR) is 169 cm³/mol. The summed E-state index contributed by atoms with van der Waals surface area (Å²) in [5.74, 6) is -2.65. The molecule has 0 spiro atoms. The van der Waals surface area contributed by atoms with E-state index >= 15 is 4.79 Å². The van der Waals surface area contributed by atoms with Crippen molar-refractivity contribution >= 4 is 23.3 Å². The maximum absolute atomic E-state index is 15.4. The number of ether oxygens (including phenoxy) is 1. The number of ketones is 2. The molecule has 0 saturated heterocycles. The summed E-state index contributed by atoms with van der Waals surface area (Å²) < 4.78 is 10.3. The molecular weight excluding hydrogens is 588 g/mol. The summed E-state index contributed by atoms with van der Waals surface area (Å²) in [7, 11) is 3.67. The van der Waals surface area contributed by atoms with Crippen molar-refractivity contribution in [3.63, 3.8) is 0 Å². The first-order valence-corrected chi connectivity index (χ1v) is 16.1. The molecule has 9 heteroatoms. The Morgan fingerprint density at radius 3 is 2.38 bits per heavy atom. The highest BCUT2D eigenvalue weighted by molar-refractivity contribution is 8.01. The standard InChI is InChI=1S/C36H36N2O6S/c1-20-12-11-17-24-21(2)25-18-26-29(38(3)4)30-28(33(37-44-30)43-19-22-13-7-5-8-14-22)31(39)35(26,42)34(41)36(25,32(40)27(20)24)45-23-15-9-6-10-16-23/h5-17,21,25-26,29,32,40,42H,18-19H2,1-4H3/t21-,25-,26-,29-,32+,35+,36+/m0/s1. The largest absolute Gasteiger partial charge is 0.470 e. The minimum Gasteiger partial charge on any atom is -0.470 e. The van der Waals surface area contributed by atoms with Crippen molar-refractivity contribution in [3.05, 3.63) is 112 Å². The third kappa shape index (κ3) is 4.28. The van der Waals surface area contributed by atoms with Gasteiger partial charge in [0.1, 0.15) is 23.0 Å². The number of thioether (sulfide) groups is 1. The normalized spacial score (nSPS) is 30.3. The van der Waals surface area contributed by atoms with Crippen molar-refractivity contribution < 1.29 is 29.1 Å². The first-order valence-electron chi connectivity index (χ1n) is 15.3. The quantitative estimate of drug-likeness (QED) is 0.262. The molecule has 3 aliphatic carbocycles. The Bertz CT molecular complexity index is 1770. The van der Waals surface area contributed by atoms with Crippen LogP contribution in [0.3, 0.4) is 0 Å². The van der Waals surface area contributed by atoms with Gasteiger partial charge in [-0.1, -0.05) is 73.7 Å². The van der Waals surface area contributed by atoms with Gasteiger partial charge < -0.3 is 19.5 Å². The summed E-state index contributed by atoms with van der Waals surface area (Å²) in [5, 5.41) is 29.3. The Morgan fingerprint density at radius 2 is 1.69 bits per heavy atom. The maximum Gasteiger partial charge on any atom is 0.265 e. The van der Waals surface area contributed by atoms with Crippen molar-refractivity contribution in [2.75, 3.05) is 14.1 Å². The van der Waals surface area contributed by atoms with Crippen LogP contribution in [0.4, 0.5) is 0 Å². The van der Waals surface area contributed by atoms with Gasteiger partial charge in [0.05, 0.1) is 6.04 Å². The van der Waals surface area contributed by atoms with Crippen molar-refractivity contribution in [2.45, 2.75) is 60.2 Å². The van der Waals surface area contributed by atoms with Gasteiger partial charge in [-0.25, -0.2) is 0 Å². The number of carbonyl (C=O) groups excluding carboxylic acids is 2. The van der Waals surface area contributed by atoms with Crippen LogP contribution in [0.5, 0.6) is 5.88 Å². The molecule has 1 fully saturated rings. The van der Waals surface area contributed by atoms with E-state index in [0.717, 1.165) is 21.6 Å². The van der Waals surface area contributed by atoms with E-state index in [9.17, 15) is 15.0 Å². The Hall–Kier alpha value is -3.76. The van der Waals surface area contributed by atoms with Crippen molar-refractivity contribution in [1.82, 2.24) is 10.1 Å². The lowest BCUT2D eigenvalue weighted by atomic mass is 9.51. The molecular formula is C36H36N2O6S. The Labute approximate surface area is 266 Å². The number of aliphatic hydroxyl groups is 2. The highest BCUT2D eigenvalue weighted by Crippen LogP contribution is 2.66. The molecule has 0 radical (unpaired) electrons. The molecule has 7 rings (SSSR count). The molecule has 4 aromatic rings. The number of fused-ring (bicyclic) bond motifs is 4. The van der Waals surface area contributed by atoms with Gasteiger partial charge in [-0.2, -0.15) is 0 Å². The number of aryl methyl sites for hydroxylation is 1. The molecule has 3 aliphatic rings. The molecule has 45 heavy (non-hydrogen) atoms. The van der Waals surface area contributed by atoms with Gasteiger partial charge in [0, 0.05) is 10.8 Å². The lowest BCUT2D eigenvalue weighted by Gasteiger charge is -2.59. The highest BCUT2D eigenvalue weighted by atomic mass is 32.2. The molecule has 0 aliphatic heterocycles. The minimum atomic E-state index is -2.46. The fraction of sp³-hybridized carbons (Fsp3) is 0.361. The molecule has 0 bridgehead atoms. The lowest BCUT2D eigenvalue weighted by Crippen LogP contribution is -2.72. The van der Waals surface area contributed by atoms with Crippen LogP contribution in [0.25, 0.3) is 0 Å². The first kappa shape index (κ1) is 29.9. The van der Waals surface area contributed by atoms with E-state index in [2.05, 4.69) is 12.1 Å². The van der Waals surface area contributed by atoms with Gasteiger partial charge in [-0.05, 0) is 78.8 Å². The maximum atomic E-state index is 15.4. The molecule has 7 atom stereocenters. The van der Waals surface area contributed by atoms with Gasteiger partial charge in [0.15, 0.2) is 17.1 Å². The van der Waals surface area contributed by atoms with Crippen LogP contribution < -0.4 is 4.74 Å². The first-order chi connectivity index (χ1) is 21.6. The number of aliphatic hydroxyl groups excluding tert-OH is 1. The molecule has 3 aromatic carbocycles. The fourth-order valence-electron chi connectivity index (χ4n) is 8.04. The number of Topliss-reactive ketones (excluding diaryl/α,β-unsaturated/α-hetero) is 2. The second kappa shape index (κ2) is 10.9. The van der Waals surface area contributed by atoms with Crippen LogP contribution in [-0.4, -0.2) is 56.3 Å². The molecule has 0 amide bonds. The second-order valence-electron chi connectivity index (χ2n) is 12.8. The molecule has 2 N–H and O–H groups in total. The molecule has 8 nitrogen and oxygen atoms in total. The average molecular weight is 625 g/mol. The third-order valence-corrected chi connectivity index (χ3v) is 11.7.